The van der Waals surface area contributed by atoms with Crippen LogP contribution in [0.15, 0.2) is 0 Å². The Hall–Kier alpha value is -1.34. The predicted octanol–water partition coefficient (Wildman–Crippen LogP) is 0.580. The Bertz CT molecular complexity index is 345. The molecule has 1 aromatic heterocycles. The SMILES string of the molecule is COc1nc(OC)nc(N(C)CCOCCCl)n1. The van der Waals surface area contributed by atoms with Crippen molar-refractivity contribution in [2.75, 3.05) is 51.8 Å². The zero-order chi connectivity index (χ0) is 13.4. The summed E-state index contributed by atoms with van der Waals surface area (Å²) in [5.74, 6) is 0.949. The molecular weight excluding hydrogens is 260 g/mol. The molecule has 0 aromatic carbocycles. The maximum Gasteiger partial charge on any atom is 0.324 e. The fourth-order valence-electron chi connectivity index (χ4n) is 1.14. The van der Waals surface area contributed by atoms with E-state index in [2.05, 4.69) is 15.0 Å². The minimum atomic E-state index is 0.213. The zero-order valence-corrected chi connectivity index (χ0v) is 11.5. The highest BCUT2D eigenvalue weighted by atomic mass is 35.5. The molecule has 0 bridgehead atoms. The first kappa shape index (κ1) is 14.7. The van der Waals surface area contributed by atoms with Crippen LogP contribution in [0, 0.1) is 0 Å². The van der Waals surface area contributed by atoms with E-state index in [-0.39, 0.29) is 12.0 Å². The summed E-state index contributed by atoms with van der Waals surface area (Å²) < 4.78 is 15.2. The summed E-state index contributed by atoms with van der Waals surface area (Å²) in [6.45, 7) is 1.70. The molecule has 1 heterocycles. The molecule has 18 heavy (non-hydrogen) atoms. The molecule has 102 valence electrons. The standard InChI is InChI=1S/C10H17ClN4O3/c1-15(5-7-18-6-4-11)8-12-9(16-2)14-10(13-8)17-3/h4-7H2,1-3H3. The van der Waals surface area contributed by atoms with Crippen LogP contribution in [0.25, 0.3) is 0 Å². The number of hydrogen-bond donors (Lipinski definition) is 0. The van der Waals surface area contributed by atoms with Crippen molar-refractivity contribution in [1.29, 1.82) is 0 Å². The fraction of sp³-hybridized carbons (Fsp3) is 0.700. The van der Waals surface area contributed by atoms with Crippen LogP contribution in [0.5, 0.6) is 12.0 Å². The molecule has 0 aliphatic heterocycles. The summed E-state index contributed by atoms with van der Waals surface area (Å²) in [7, 11) is 4.82. The molecule has 0 radical (unpaired) electrons. The Morgan fingerprint density at radius 3 is 2.17 bits per heavy atom. The number of ether oxygens (including phenoxy) is 3. The molecule has 1 aromatic rings. The molecule has 0 amide bonds. The van der Waals surface area contributed by atoms with Gasteiger partial charge in [-0.25, -0.2) is 0 Å². The highest BCUT2D eigenvalue weighted by Gasteiger charge is 2.10. The number of rotatable bonds is 8. The van der Waals surface area contributed by atoms with Crippen molar-refractivity contribution < 1.29 is 14.2 Å². The van der Waals surface area contributed by atoms with E-state index in [1.807, 2.05) is 11.9 Å². The molecular formula is C10H17ClN4O3. The first-order valence-corrected chi connectivity index (χ1v) is 5.93. The second-order valence-electron chi connectivity index (χ2n) is 3.33. The number of halogens is 1. The second kappa shape index (κ2) is 7.88. The van der Waals surface area contributed by atoms with Crippen molar-refractivity contribution >= 4 is 17.5 Å². The van der Waals surface area contributed by atoms with Crippen LogP contribution in [0.3, 0.4) is 0 Å². The lowest BCUT2D eigenvalue weighted by atomic mass is 10.6. The van der Waals surface area contributed by atoms with Gasteiger partial charge >= 0.3 is 12.0 Å². The Balaban J connectivity index is 2.63. The molecule has 1 rings (SSSR count). The van der Waals surface area contributed by atoms with Crippen LogP contribution in [-0.2, 0) is 4.74 Å². The van der Waals surface area contributed by atoms with Crippen molar-refractivity contribution in [3.8, 4) is 12.0 Å². The topological polar surface area (TPSA) is 69.6 Å². The Kier molecular flexibility index (Phi) is 6.45. The quantitative estimate of drug-likeness (QED) is 0.508. The molecule has 0 fully saturated rings. The van der Waals surface area contributed by atoms with Gasteiger partial charge < -0.3 is 19.1 Å². The first-order valence-electron chi connectivity index (χ1n) is 5.40. The third-order valence-electron chi connectivity index (χ3n) is 2.08. The average Bonchev–Trinajstić information content (AvgIpc) is 2.42. The second-order valence-corrected chi connectivity index (χ2v) is 3.71. The number of likely N-dealkylation sites (N-methyl/N-ethyl adjacent to an activating group) is 1. The van der Waals surface area contributed by atoms with Crippen LogP contribution >= 0.6 is 11.6 Å². The molecule has 0 unspecified atom stereocenters. The van der Waals surface area contributed by atoms with E-state index in [0.717, 1.165) is 0 Å². The van der Waals surface area contributed by atoms with E-state index in [0.29, 0.717) is 31.6 Å². The first-order chi connectivity index (χ1) is 8.71. The summed E-state index contributed by atoms with van der Waals surface area (Å²) >= 11 is 5.51. The molecule has 0 N–H and O–H groups in total. The smallest absolute Gasteiger partial charge is 0.324 e. The van der Waals surface area contributed by atoms with Crippen LogP contribution in [-0.4, -0.2) is 61.9 Å². The van der Waals surface area contributed by atoms with Gasteiger partial charge in [0.15, 0.2) is 0 Å². The predicted molar refractivity (Wildman–Crippen MR) is 67.7 cm³/mol. The maximum absolute atomic E-state index is 5.51. The third-order valence-corrected chi connectivity index (χ3v) is 2.24. The van der Waals surface area contributed by atoms with Gasteiger partial charge in [-0.15, -0.1) is 16.6 Å². The largest absolute Gasteiger partial charge is 0.467 e. The van der Waals surface area contributed by atoms with E-state index >= 15 is 0 Å². The van der Waals surface area contributed by atoms with E-state index in [1.54, 1.807) is 0 Å². The monoisotopic (exact) mass is 276 g/mol. The van der Waals surface area contributed by atoms with Gasteiger partial charge in [0.25, 0.3) is 0 Å². The zero-order valence-electron chi connectivity index (χ0n) is 10.7. The van der Waals surface area contributed by atoms with E-state index in [9.17, 15) is 0 Å². The van der Waals surface area contributed by atoms with E-state index < -0.39 is 0 Å². The summed E-state index contributed by atoms with van der Waals surface area (Å²) in [6.07, 6.45) is 0. The molecule has 0 saturated carbocycles. The summed E-state index contributed by atoms with van der Waals surface area (Å²) in [4.78, 5) is 14.0. The highest BCUT2D eigenvalue weighted by molar-refractivity contribution is 6.17. The molecule has 0 aliphatic carbocycles. The molecule has 8 heteroatoms. The van der Waals surface area contributed by atoms with Gasteiger partial charge in [0.1, 0.15) is 0 Å². The summed E-state index contributed by atoms with van der Waals surface area (Å²) in [5.41, 5.74) is 0. The lowest BCUT2D eigenvalue weighted by Gasteiger charge is -2.17. The lowest BCUT2D eigenvalue weighted by Crippen LogP contribution is -2.25. The third kappa shape index (κ3) is 4.50. The van der Waals surface area contributed by atoms with Gasteiger partial charge in [-0.1, -0.05) is 0 Å². The van der Waals surface area contributed by atoms with Gasteiger partial charge in [0.2, 0.25) is 5.95 Å². The Morgan fingerprint density at radius 1 is 1.06 bits per heavy atom. The molecule has 0 aliphatic rings. The van der Waals surface area contributed by atoms with Crippen molar-refractivity contribution in [3.05, 3.63) is 0 Å². The van der Waals surface area contributed by atoms with Gasteiger partial charge in [-0.3, -0.25) is 0 Å². The van der Waals surface area contributed by atoms with E-state index in [4.69, 9.17) is 25.8 Å². The number of nitrogens with zero attached hydrogens (tertiary/aromatic N) is 4. The number of anilines is 1. The minimum absolute atomic E-state index is 0.213. The Labute approximate surface area is 111 Å². The van der Waals surface area contributed by atoms with Crippen LogP contribution in [0.4, 0.5) is 5.95 Å². The Morgan fingerprint density at radius 2 is 1.67 bits per heavy atom. The minimum Gasteiger partial charge on any atom is -0.467 e. The lowest BCUT2D eigenvalue weighted by molar-refractivity contribution is 0.156. The van der Waals surface area contributed by atoms with Crippen LogP contribution in [0.2, 0.25) is 0 Å². The highest BCUT2D eigenvalue weighted by Crippen LogP contribution is 2.14. The van der Waals surface area contributed by atoms with Gasteiger partial charge in [0.05, 0.1) is 27.4 Å². The van der Waals surface area contributed by atoms with Crippen LogP contribution in [0.1, 0.15) is 0 Å². The normalized spacial score (nSPS) is 10.2. The maximum atomic E-state index is 5.51. The summed E-state index contributed by atoms with van der Waals surface area (Å²) in [5, 5.41) is 0. The van der Waals surface area contributed by atoms with Crippen molar-refractivity contribution in [2.45, 2.75) is 0 Å². The summed E-state index contributed by atoms with van der Waals surface area (Å²) in [6, 6.07) is 0.427. The van der Waals surface area contributed by atoms with Crippen molar-refractivity contribution in [2.24, 2.45) is 0 Å². The van der Waals surface area contributed by atoms with E-state index in [1.165, 1.54) is 14.2 Å². The average molecular weight is 277 g/mol. The van der Waals surface area contributed by atoms with Gasteiger partial charge in [-0.05, 0) is 0 Å². The van der Waals surface area contributed by atoms with Crippen molar-refractivity contribution in [3.63, 3.8) is 0 Å². The van der Waals surface area contributed by atoms with Crippen LogP contribution < -0.4 is 14.4 Å². The molecule has 0 spiro atoms. The van der Waals surface area contributed by atoms with Crippen molar-refractivity contribution in [1.82, 2.24) is 15.0 Å². The fourth-order valence-corrected chi connectivity index (χ4v) is 1.25. The number of methoxy groups -OCH3 is 2. The number of alkyl halides is 1. The molecule has 7 nitrogen and oxygen atoms in total. The number of hydrogen-bond acceptors (Lipinski definition) is 7. The number of aromatic nitrogens is 3. The molecule has 0 saturated heterocycles. The molecule has 0 atom stereocenters. The van der Waals surface area contributed by atoms with Gasteiger partial charge in [0, 0.05) is 19.5 Å². The van der Waals surface area contributed by atoms with Gasteiger partial charge in [-0.2, -0.15) is 9.97 Å².